The molecule has 3 amide bonds. The number of carbonyl (C=O) groups excluding carboxylic acids is 3. The average Bonchev–Trinajstić information content (AvgIpc) is 3.24. The third-order valence-electron chi connectivity index (χ3n) is 5.52. The lowest BCUT2D eigenvalue weighted by Crippen LogP contribution is -2.54. The number of benzene rings is 1. The number of likely N-dealkylation sites (tertiary alicyclic amines) is 1. The maximum atomic E-state index is 12.9. The molecule has 1 fully saturated rings. The number of rotatable bonds is 8. The Morgan fingerprint density at radius 3 is 2.55 bits per heavy atom. The highest BCUT2D eigenvalue weighted by molar-refractivity contribution is 5.98. The molecule has 1 aromatic rings. The molecule has 1 saturated heterocycles. The summed E-state index contributed by atoms with van der Waals surface area (Å²) in [4.78, 5) is 39.7. The van der Waals surface area contributed by atoms with Crippen LogP contribution in [0.15, 0.2) is 18.2 Å². The number of methoxy groups -OCH3 is 1. The molecule has 2 heterocycles. The van der Waals surface area contributed by atoms with E-state index >= 15 is 0 Å². The lowest BCUT2D eigenvalue weighted by molar-refractivity contribution is -0.136. The fourth-order valence-corrected chi connectivity index (χ4v) is 3.77. The van der Waals surface area contributed by atoms with E-state index in [0.717, 1.165) is 0 Å². The van der Waals surface area contributed by atoms with Gasteiger partial charge in [0, 0.05) is 32.3 Å². The zero-order chi connectivity index (χ0) is 22.4. The predicted molar refractivity (Wildman–Crippen MR) is 113 cm³/mol. The van der Waals surface area contributed by atoms with Crippen LogP contribution in [0, 0.1) is 11.8 Å². The van der Waals surface area contributed by atoms with Crippen molar-refractivity contribution in [3.05, 3.63) is 23.8 Å². The molecule has 0 bridgehead atoms. The van der Waals surface area contributed by atoms with E-state index < -0.39 is 6.04 Å². The highest BCUT2D eigenvalue weighted by atomic mass is 16.7. The first-order valence-corrected chi connectivity index (χ1v) is 10.6. The SMILES string of the molecule is COCC(=O)N1CCC([C@@H](NC(=O)c2ccc3c(c2)OCO3)C(=O)NCC(C)C)CC1. The van der Waals surface area contributed by atoms with Crippen LogP contribution < -0.4 is 20.1 Å². The quantitative estimate of drug-likeness (QED) is 0.638. The van der Waals surface area contributed by atoms with Crippen LogP contribution in [0.4, 0.5) is 0 Å². The third-order valence-corrected chi connectivity index (χ3v) is 5.52. The van der Waals surface area contributed by atoms with Crippen LogP contribution in [0.5, 0.6) is 11.5 Å². The maximum Gasteiger partial charge on any atom is 0.252 e. The van der Waals surface area contributed by atoms with Gasteiger partial charge in [0.25, 0.3) is 5.91 Å². The number of nitrogens with zero attached hydrogens (tertiary/aromatic N) is 1. The van der Waals surface area contributed by atoms with Gasteiger partial charge in [-0.05, 0) is 42.9 Å². The molecule has 2 N–H and O–H groups in total. The summed E-state index contributed by atoms with van der Waals surface area (Å²) in [6, 6.07) is 4.27. The zero-order valence-electron chi connectivity index (χ0n) is 18.3. The molecule has 170 valence electrons. The molecular formula is C22H31N3O6. The molecular weight excluding hydrogens is 402 g/mol. The number of piperidine rings is 1. The molecule has 0 unspecified atom stereocenters. The Kier molecular flexibility index (Phi) is 7.73. The first-order chi connectivity index (χ1) is 14.9. The van der Waals surface area contributed by atoms with Gasteiger partial charge < -0.3 is 29.7 Å². The molecule has 31 heavy (non-hydrogen) atoms. The molecule has 0 aromatic heterocycles. The first kappa shape index (κ1) is 22.9. The van der Waals surface area contributed by atoms with Crippen molar-refractivity contribution in [2.75, 3.05) is 40.1 Å². The van der Waals surface area contributed by atoms with Crippen molar-refractivity contribution in [3.63, 3.8) is 0 Å². The summed E-state index contributed by atoms with van der Waals surface area (Å²) < 4.78 is 15.6. The number of hydrogen-bond donors (Lipinski definition) is 2. The molecule has 9 heteroatoms. The summed E-state index contributed by atoms with van der Waals surface area (Å²) in [5.41, 5.74) is 0.401. The summed E-state index contributed by atoms with van der Waals surface area (Å²) in [6.07, 6.45) is 1.24. The molecule has 9 nitrogen and oxygen atoms in total. The monoisotopic (exact) mass is 433 g/mol. The summed E-state index contributed by atoms with van der Waals surface area (Å²) in [7, 11) is 1.49. The largest absolute Gasteiger partial charge is 0.454 e. The number of hydrogen-bond acceptors (Lipinski definition) is 6. The van der Waals surface area contributed by atoms with Gasteiger partial charge >= 0.3 is 0 Å². The van der Waals surface area contributed by atoms with Crippen LogP contribution in [-0.4, -0.2) is 68.8 Å². The van der Waals surface area contributed by atoms with Crippen molar-refractivity contribution in [2.45, 2.75) is 32.7 Å². The lowest BCUT2D eigenvalue weighted by Gasteiger charge is -2.35. The minimum Gasteiger partial charge on any atom is -0.454 e. The van der Waals surface area contributed by atoms with E-state index in [9.17, 15) is 14.4 Å². The molecule has 1 aromatic carbocycles. The van der Waals surface area contributed by atoms with Crippen molar-refractivity contribution in [2.24, 2.45) is 11.8 Å². The van der Waals surface area contributed by atoms with Gasteiger partial charge in [-0.3, -0.25) is 14.4 Å². The fourth-order valence-electron chi connectivity index (χ4n) is 3.77. The summed E-state index contributed by atoms with van der Waals surface area (Å²) in [6.45, 7) is 5.79. The van der Waals surface area contributed by atoms with E-state index in [4.69, 9.17) is 14.2 Å². The standard InChI is InChI=1S/C22H31N3O6/c1-14(2)11-23-22(28)20(15-6-8-25(9-7-15)19(26)12-29-3)24-21(27)16-4-5-17-18(10-16)31-13-30-17/h4-5,10,14-15,20H,6-9,11-13H2,1-3H3,(H,23,28)(H,24,27)/t20-/m1/s1. The molecule has 1 atom stereocenters. The van der Waals surface area contributed by atoms with Gasteiger partial charge in [-0.25, -0.2) is 0 Å². The van der Waals surface area contributed by atoms with Gasteiger partial charge in [0.1, 0.15) is 12.6 Å². The minimum atomic E-state index is -0.684. The summed E-state index contributed by atoms with van der Waals surface area (Å²) in [5.74, 6) is 0.713. The Bertz CT molecular complexity index is 804. The van der Waals surface area contributed by atoms with Crippen LogP contribution in [-0.2, 0) is 14.3 Å². The minimum absolute atomic E-state index is 0.0455. The maximum absolute atomic E-state index is 12.9. The van der Waals surface area contributed by atoms with Crippen molar-refractivity contribution < 1.29 is 28.6 Å². The Hall–Kier alpha value is -2.81. The van der Waals surface area contributed by atoms with Crippen molar-refractivity contribution >= 4 is 17.7 Å². The van der Waals surface area contributed by atoms with Gasteiger partial charge in [-0.15, -0.1) is 0 Å². The molecule has 0 aliphatic carbocycles. The van der Waals surface area contributed by atoms with Crippen molar-refractivity contribution in [1.82, 2.24) is 15.5 Å². The smallest absolute Gasteiger partial charge is 0.252 e. The van der Waals surface area contributed by atoms with Crippen molar-refractivity contribution in [1.29, 1.82) is 0 Å². The van der Waals surface area contributed by atoms with Gasteiger partial charge in [-0.2, -0.15) is 0 Å². The van der Waals surface area contributed by atoms with Gasteiger partial charge in [-0.1, -0.05) is 13.8 Å². The number of ether oxygens (including phenoxy) is 3. The van der Waals surface area contributed by atoms with Crippen LogP contribution in [0.2, 0.25) is 0 Å². The topological polar surface area (TPSA) is 106 Å². The summed E-state index contributed by atoms with van der Waals surface area (Å²) >= 11 is 0. The molecule has 3 rings (SSSR count). The number of fused-ring (bicyclic) bond motifs is 1. The first-order valence-electron chi connectivity index (χ1n) is 10.6. The van der Waals surface area contributed by atoms with E-state index in [1.54, 1.807) is 23.1 Å². The van der Waals surface area contributed by atoms with E-state index in [1.165, 1.54) is 7.11 Å². The zero-order valence-corrected chi connectivity index (χ0v) is 18.3. The van der Waals surface area contributed by atoms with Crippen LogP contribution >= 0.6 is 0 Å². The van der Waals surface area contributed by atoms with E-state index in [-0.39, 0.29) is 37.0 Å². The van der Waals surface area contributed by atoms with E-state index in [2.05, 4.69) is 10.6 Å². The van der Waals surface area contributed by atoms with E-state index in [0.29, 0.717) is 55.5 Å². The van der Waals surface area contributed by atoms with Gasteiger partial charge in [0.2, 0.25) is 18.6 Å². The second-order valence-corrected chi connectivity index (χ2v) is 8.31. The normalized spacial score (nSPS) is 16.8. The molecule has 0 saturated carbocycles. The highest BCUT2D eigenvalue weighted by Crippen LogP contribution is 2.32. The molecule has 0 radical (unpaired) electrons. The molecule has 2 aliphatic rings. The number of amides is 3. The Labute approximate surface area is 182 Å². The van der Waals surface area contributed by atoms with Gasteiger partial charge in [0.15, 0.2) is 11.5 Å². The second-order valence-electron chi connectivity index (χ2n) is 8.31. The Morgan fingerprint density at radius 2 is 1.87 bits per heavy atom. The average molecular weight is 434 g/mol. The number of carbonyl (C=O) groups is 3. The molecule has 0 spiro atoms. The van der Waals surface area contributed by atoms with Crippen LogP contribution in [0.25, 0.3) is 0 Å². The predicted octanol–water partition coefficient (Wildman–Crippen LogP) is 1.17. The second kappa shape index (κ2) is 10.5. The Balaban J connectivity index is 1.68. The van der Waals surface area contributed by atoms with E-state index in [1.807, 2.05) is 13.8 Å². The highest BCUT2D eigenvalue weighted by Gasteiger charge is 2.34. The Morgan fingerprint density at radius 1 is 1.16 bits per heavy atom. The van der Waals surface area contributed by atoms with Crippen LogP contribution in [0.1, 0.15) is 37.0 Å². The van der Waals surface area contributed by atoms with Gasteiger partial charge in [0.05, 0.1) is 0 Å². The summed E-state index contributed by atoms with van der Waals surface area (Å²) in [5, 5.41) is 5.84. The van der Waals surface area contributed by atoms with Crippen molar-refractivity contribution in [3.8, 4) is 11.5 Å². The lowest BCUT2D eigenvalue weighted by atomic mass is 9.88. The third kappa shape index (κ3) is 5.88. The molecule has 2 aliphatic heterocycles. The fraction of sp³-hybridized carbons (Fsp3) is 0.591. The number of nitrogens with one attached hydrogen (secondary N) is 2. The van der Waals surface area contributed by atoms with Crippen LogP contribution in [0.3, 0.4) is 0 Å².